The van der Waals surface area contributed by atoms with E-state index in [9.17, 15) is 0 Å². The number of hydrogen-bond donors (Lipinski definition) is 0. The molecule has 3 aliphatic rings. The van der Waals surface area contributed by atoms with Gasteiger partial charge in [-0.3, -0.25) is 0 Å². The van der Waals surface area contributed by atoms with E-state index in [1.807, 2.05) is 18.2 Å². The van der Waals surface area contributed by atoms with E-state index < -0.39 is 0 Å². The van der Waals surface area contributed by atoms with Crippen molar-refractivity contribution in [3.8, 4) is 135 Å². The number of para-hydroxylation sites is 3. The molecule has 294 valence electrons. The fourth-order valence-corrected chi connectivity index (χ4v) is 9.70. The fraction of sp³-hybridized carbons (Fsp3) is 0. The Morgan fingerprint density at radius 3 is 0.667 bits per heavy atom. The highest BCUT2D eigenvalue weighted by Gasteiger charge is 2.25. The topological polar surface area (TPSA) is 27.7 Å². The van der Waals surface area contributed by atoms with Crippen LogP contribution in [0.4, 0.5) is 0 Å². The molecule has 10 aromatic rings. The van der Waals surface area contributed by atoms with Crippen LogP contribution in [0.2, 0.25) is 0 Å². The van der Waals surface area contributed by atoms with Crippen molar-refractivity contribution in [3.05, 3.63) is 218 Å². The van der Waals surface area contributed by atoms with E-state index in [2.05, 4.69) is 200 Å². The summed E-state index contributed by atoms with van der Waals surface area (Å²) in [6.45, 7) is 0. The van der Waals surface area contributed by atoms with Crippen LogP contribution < -0.4 is 14.2 Å². The van der Waals surface area contributed by atoms with Gasteiger partial charge in [0.15, 0.2) is 0 Å². The zero-order valence-corrected chi connectivity index (χ0v) is 34.0. The lowest BCUT2D eigenvalue weighted by atomic mass is 9.88. The summed E-state index contributed by atoms with van der Waals surface area (Å²) in [4.78, 5) is 0. The van der Waals surface area contributed by atoms with Crippen molar-refractivity contribution < 1.29 is 14.2 Å². The van der Waals surface area contributed by atoms with E-state index >= 15 is 0 Å². The summed E-state index contributed by atoms with van der Waals surface area (Å²) in [6, 6.07) is 77.5. The summed E-state index contributed by atoms with van der Waals surface area (Å²) in [5.74, 6) is 5.08. The SMILES string of the molecule is c1ccc2c(c1)Oc1ccc(-c3cc(-c4ccc5c(c4)-c4ccccc4-c4ccccc4O5)cc(-c4ccc5c(c4)-c4ccccc4-c4ccccc4O5)c3)cc1-c1ccccc1-2. The maximum absolute atomic E-state index is 6.67. The van der Waals surface area contributed by atoms with Gasteiger partial charge in [-0.1, -0.05) is 146 Å². The lowest BCUT2D eigenvalue weighted by Gasteiger charge is -2.16. The highest BCUT2D eigenvalue weighted by Crippen LogP contribution is 2.51. The van der Waals surface area contributed by atoms with E-state index in [-0.39, 0.29) is 0 Å². The molecule has 0 aromatic heterocycles. The molecule has 0 bridgehead atoms. The van der Waals surface area contributed by atoms with Gasteiger partial charge in [0.1, 0.15) is 34.5 Å². The van der Waals surface area contributed by atoms with Gasteiger partial charge in [-0.2, -0.15) is 0 Å². The van der Waals surface area contributed by atoms with Crippen LogP contribution in [-0.2, 0) is 0 Å². The Labute approximate surface area is 365 Å². The second-order valence-corrected chi connectivity index (χ2v) is 16.4. The first-order chi connectivity index (χ1) is 31.2. The average molecular weight is 805 g/mol. The van der Waals surface area contributed by atoms with Gasteiger partial charge in [-0.15, -0.1) is 0 Å². The molecule has 0 unspecified atom stereocenters. The maximum atomic E-state index is 6.67. The van der Waals surface area contributed by atoms with Crippen LogP contribution in [0.5, 0.6) is 34.5 Å². The first kappa shape index (κ1) is 35.4. The summed E-state index contributed by atoms with van der Waals surface area (Å²) in [5.41, 5.74) is 19.9. The van der Waals surface area contributed by atoms with Crippen LogP contribution in [-0.4, -0.2) is 0 Å². The minimum Gasteiger partial charge on any atom is -0.456 e. The maximum Gasteiger partial charge on any atom is 0.135 e. The van der Waals surface area contributed by atoms with Crippen molar-refractivity contribution in [3.63, 3.8) is 0 Å². The van der Waals surface area contributed by atoms with Crippen molar-refractivity contribution in [1.29, 1.82) is 0 Å². The highest BCUT2D eigenvalue weighted by atomic mass is 16.5. The quantitative estimate of drug-likeness (QED) is 0.178. The lowest BCUT2D eigenvalue weighted by Crippen LogP contribution is -1.91. The third-order valence-corrected chi connectivity index (χ3v) is 12.7. The number of rotatable bonds is 3. The third kappa shape index (κ3) is 5.82. The van der Waals surface area contributed by atoms with E-state index in [4.69, 9.17) is 14.2 Å². The molecule has 3 aliphatic heterocycles. The van der Waals surface area contributed by atoms with Gasteiger partial charge in [0.2, 0.25) is 0 Å². The van der Waals surface area contributed by atoms with Gasteiger partial charge in [0, 0.05) is 33.4 Å². The fourth-order valence-electron chi connectivity index (χ4n) is 9.70. The Morgan fingerprint density at radius 2 is 0.381 bits per heavy atom. The van der Waals surface area contributed by atoms with Crippen molar-refractivity contribution in [2.75, 3.05) is 0 Å². The second kappa shape index (κ2) is 14.1. The number of benzene rings is 10. The molecule has 0 spiro atoms. The molecule has 0 N–H and O–H groups in total. The van der Waals surface area contributed by atoms with Gasteiger partial charge in [0.05, 0.1) is 0 Å². The lowest BCUT2D eigenvalue weighted by molar-refractivity contribution is 0.487. The molecule has 3 nitrogen and oxygen atoms in total. The van der Waals surface area contributed by atoms with Crippen LogP contribution in [0.1, 0.15) is 0 Å². The summed E-state index contributed by atoms with van der Waals surface area (Å²) >= 11 is 0. The molecule has 63 heavy (non-hydrogen) atoms. The molecule has 10 aromatic carbocycles. The Bertz CT molecular complexity index is 3120. The van der Waals surface area contributed by atoms with Gasteiger partial charge in [0.25, 0.3) is 0 Å². The molecule has 3 heteroatoms. The van der Waals surface area contributed by atoms with Gasteiger partial charge >= 0.3 is 0 Å². The Balaban J connectivity index is 1.01. The predicted molar refractivity (Wildman–Crippen MR) is 256 cm³/mol. The molecule has 13 rings (SSSR count). The Kier molecular flexibility index (Phi) is 7.91. The first-order valence-electron chi connectivity index (χ1n) is 21.4. The molecule has 0 atom stereocenters. The monoisotopic (exact) mass is 804 g/mol. The van der Waals surface area contributed by atoms with E-state index in [0.717, 1.165) is 135 Å². The van der Waals surface area contributed by atoms with Crippen LogP contribution >= 0.6 is 0 Å². The second-order valence-electron chi connectivity index (χ2n) is 16.4. The smallest absolute Gasteiger partial charge is 0.135 e. The van der Waals surface area contributed by atoms with E-state index in [0.29, 0.717) is 0 Å². The Hall–Kier alpha value is -8.40. The minimum atomic E-state index is 0.836. The highest BCUT2D eigenvalue weighted by molar-refractivity contribution is 5.96. The van der Waals surface area contributed by atoms with Crippen LogP contribution in [0.25, 0.3) is 100 Å². The van der Waals surface area contributed by atoms with Crippen LogP contribution in [0, 0.1) is 0 Å². The standard InChI is InChI=1S/C60H36O3/c1-4-16-46-43(13-1)49-19-7-10-22-55(49)61-58-28-25-37(34-52(46)58)40-31-41(38-26-29-59-53(35-38)47-17-5-2-14-44(47)50-20-8-11-23-56(50)62-59)33-42(32-40)39-27-30-60-54(36-39)48-18-6-3-15-45(48)51-21-9-12-24-57(51)63-60/h1-36H. The summed E-state index contributed by atoms with van der Waals surface area (Å²) in [5, 5.41) is 0. The summed E-state index contributed by atoms with van der Waals surface area (Å²) in [6.07, 6.45) is 0. The summed E-state index contributed by atoms with van der Waals surface area (Å²) < 4.78 is 20.0. The van der Waals surface area contributed by atoms with Crippen molar-refractivity contribution in [1.82, 2.24) is 0 Å². The molecule has 0 saturated carbocycles. The first-order valence-corrected chi connectivity index (χ1v) is 21.4. The van der Waals surface area contributed by atoms with Crippen LogP contribution in [0.15, 0.2) is 218 Å². The third-order valence-electron chi connectivity index (χ3n) is 12.7. The van der Waals surface area contributed by atoms with Gasteiger partial charge in [-0.05, 0) is 140 Å². The number of fused-ring (bicyclic) bond motifs is 15. The van der Waals surface area contributed by atoms with E-state index in [1.165, 1.54) is 0 Å². The van der Waals surface area contributed by atoms with Gasteiger partial charge < -0.3 is 14.2 Å². The summed E-state index contributed by atoms with van der Waals surface area (Å²) in [7, 11) is 0. The molecule has 0 fully saturated rings. The van der Waals surface area contributed by atoms with Gasteiger partial charge in [-0.25, -0.2) is 0 Å². The van der Waals surface area contributed by atoms with Crippen molar-refractivity contribution in [2.45, 2.75) is 0 Å². The minimum absolute atomic E-state index is 0.836. The molecule has 0 radical (unpaired) electrons. The van der Waals surface area contributed by atoms with Crippen molar-refractivity contribution >= 4 is 0 Å². The van der Waals surface area contributed by atoms with Crippen LogP contribution in [0.3, 0.4) is 0 Å². The normalized spacial score (nSPS) is 12.2. The number of hydrogen-bond acceptors (Lipinski definition) is 3. The molecule has 0 saturated heterocycles. The zero-order valence-electron chi connectivity index (χ0n) is 34.0. The zero-order chi connectivity index (χ0) is 41.4. The molecule has 3 heterocycles. The average Bonchev–Trinajstić information content (AvgIpc) is 3.66. The van der Waals surface area contributed by atoms with Crippen molar-refractivity contribution in [2.24, 2.45) is 0 Å². The molecular weight excluding hydrogens is 769 g/mol. The predicted octanol–water partition coefficient (Wildman–Crippen LogP) is 17.0. The Morgan fingerprint density at radius 1 is 0.159 bits per heavy atom. The molecular formula is C60H36O3. The number of ether oxygens (including phenoxy) is 3. The van der Waals surface area contributed by atoms with E-state index in [1.54, 1.807) is 0 Å². The molecule has 0 amide bonds. The largest absolute Gasteiger partial charge is 0.456 e. The molecule has 0 aliphatic carbocycles.